The SMILES string of the molecule is Clc1ccc(Nc2ccc(N3CCOCC3)cc2)c2ncnn12. The molecule has 2 aromatic heterocycles. The number of pyridine rings is 1. The van der Waals surface area contributed by atoms with Crippen LogP contribution in [0.1, 0.15) is 0 Å². The highest BCUT2D eigenvalue weighted by molar-refractivity contribution is 6.29. The van der Waals surface area contributed by atoms with Crippen molar-refractivity contribution >= 4 is 34.3 Å². The quantitative estimate of drug-likeness (QED) is 0.749. The first-order valence-corrected chi connectivity index (χ1v) is 7.87. The summed E-state index contributed by atoms with van der Waals surface area (Å²) in [5.41, 5.74) is 3.78. The number of ether oxygens (including phenoxy) is 1. The molecule has 1 aliphatic heterocycles. The lowest BCUT2D eigenvalue weighted by Gasteiger charge is -2.28. The third kappa shape index (κ3) is 2.83. The summed E-state index contributed by atoms with van der Waals surface area (Å²) < 4.78 is 6.99. The standard InChI is InChI=1S/C16H16ClN5O/c17-15-6-5-14(16-18-11-19-22(15)16)20-12-1-3-13(4-2-12)21-7-9-23-10-8-21/h1-6,11,20H,7-10H2. The van der Waals surface area contributed by atoms with Crippen LogP contribution < -0.4 is 10.2 Å². The average Bonchev–Trinajstić information content (AvgIpc) is 3.10. The maximum atomic E-state index is 6.10. The fourth-order valence-electron chi connectivity index (χ4n) is 2.71. The van der Waals surface area contributed by atoms with Gasteiger partial charge in [0.1, 0.15) is 11.5 Å². The lowest BCUT2D eigenvalue weighted by Crippen LogP contribution is -2.36. The van der Waals surface area contributed by atoms with E-state index in [1.807, 2.05) is 6.07 Å². The molecule has 23 heavy (non-hydrogen) atoms. The number of hydrogen-bond acceptors (Lipinski definition) is 5. The minimum Gasteiger partial charge on any atom is -0.378 e. The average molecular weight is 330 g/mol. The zero-order chi connectivity index (χ0) is 15.6. The van der Waals surface area contributed by atoms with Crippen LogP contribution in [0.15, 0.2) is 42.7 Å². The van der Waals surface area contributed by atoms with Gasteiger partial charge >= 0.3 is 0 Å². The van der Waals surface area contributed by atoms with E-state index in [1.54, 1.807) is 10.6 Å². The topological polar surface area (TPSA) is 54.7 Å². The third-order valence-electron chi connectivity index (χ3n) is 3.90. The predicted molar refractivity (Wildman–Crippen MR) is 90.8 cm³/mol. The lowest BCUT2D eigenvalue weighted by molar-refractivity contribution is 0.122. The van der Waals surface area contributed by atoms with Gasteiger partial charge in [-0.3, -0.25) is 0 Å². The van der Waals surface area contributed by atoms with Gasteiger partial charge in [0.05, 0.1) is 18.9 Å². The number of rotatable bonds is 3. The van der Waals surface area contributed by atoms with Crippen molar-refractivity contribution in [2.24, 2.45) is 0 Å². The number of halogens is 1. The van der Waals surface area contributed by atoms with Crippen molar-refractivity contribution in [3.8, 4) is 0 Å². The van der Waals surface area contributed by atoms with Crippen molar-refractivity contribution in [1.29, 1.82) is 0 Å². The van der Waals surface area contributed by atoms with Crippen LogP contribution >= 0.6 is 11.6 Å². The molecule has 3 aromatic rings. The molecule has 0 saturated carbocycles. The number of morpholine rings is 1. The Kier molecular flexibility index (Phi) is 3.77. The highest BCUT2D eigenvalue weighted by Gasteiger charge is 2.11. The molecule has 0 aliphatic carbocycles. The second-order valence-corrected chi connectivity index (χ2v) is 5.72. The highest BCUT2D eigenvalue weighted by Crippen LogP contribution is 2.25. The zero-order valence-corrected chi connectivity index (χ0v) is 13.2. The van der Waals surface area contributed by atoms with Gasteiger partial charge in [-0.2, -0.15) is 5.10 Å². The van der Waals surface area contributed by atoms with Crippen molar-refractivity contribution in [2.45, 2.75) is 0 Å². The molecule has 1 N–H and O–H groups in total. The molecule has 1 saturated heterocycles. The number of benzene rings is 1. The van der Waals surface area contributed by atoms with E-state index in [0.29, 0.717) is 10.8 Å². The van der Waals surface area contributed by atoms with Crippen molar-refractivity contribution in [1.82, 2.24) is 14.6 Å². The van der Waals surface area contributed by atoms with Gasteiger partial charge < -0.3 is 15.0 Å². The van der Waals surface area contributed by atoms with Gasteiger partial charge in [-0.25, -0.2) is 9.50 Å². The molecule has 118 valence electrons. The fourth-order valence-corrected chi connectivity index (χ4v) is 2.90. The molecule has 0 unspecified atom stereocenters. The van der Waals surface area contributed by atoms with Crippen LogP contribution in [0.5, 0.6) is 0 Å². The van der Waals surface area contributed by atoms with Crippen molar-refractivity contribution < 1.29 is 4.74 Å². The smallest absolute Gasteiger partial charge is 0.180 e. The second-order valence-electron chi connectivity index (χ2n) is 5.34. The first-order chi connectivity index (χ1) is 11.3. The molecule has 1 aromatic carbocycles. The number of fused-ring (bicyclic) bond motifs is 1. The molecule has 3 heterocycles. The highest BCUT2D eigenvalue weighted by atomic mass is 35.5. The van der Waals surface area contributed by atoms with Crippen LogP contribution in [0.4, 0.5) is 17.1 Å². The van der Waals surface area contributed by atoms with E-state index >= 15 is 0 Å². The van der Waals surface area contributed by atoms with E-state index in [0.717, 1.165) is 37.7 Å². The summed E-state index contributed by atoms with van der Waals surface area (Å²) in [6.07, 6.45) is 1.49. The maximum Gasteiger partial charge on any atom is 0.180 e. The number of hydrogen-bond donors (Lipinski definition) is 1. The molecule has 0 amide bonds. The Labute approximate surface area is 138 Å². The zero-order valence-electron chi connectivity index (χ0n) is 12.4. The Morgan fingerprint density at radius 1 is 1.04 bits per heavy atom. The van der Waals surface area contributed by atoms with Gasteiger partial charge in [0, 0.05) is 24.5 Å². The normalized spacial score (nSPS) is 15.1. The van der Waals surface area contributed by atoms with Crippen LogP contribution in [0.2, 0.25) is 5.15 Å². The maximum absolute atomic E-state index is 6.10. The molecular weight excluding hydrogens is 314 g/mol. The van der Waals surface area contributed by atoms with E-state index in [1.165, 1.54) is 12.0 Å². The number of aromatic nitrogens is 3. The van der Waals surface area contributed by atoms with Gasteiger partial charge in [0.25, 0.3) is 0 Å². The second kappa shape index (κ2) is 6.06. The molecule has 0 bridgehead atoms. The van der Waals surface area contributed by atoms with E-state index in [-0.39, 0.29) is 0 Å². The van der Waals surface area contributed by atoms with Crippen molar-refractivity contribution in [2.75, 3.05) is 36.5 Å². The Morgan fingerprint density at radius 3 is 2.61 bits per heavy atom. The Bertz CT molecular complexity index is 811. The van der Waals surface area contributed by atoms with Crippen LogP contribution in [0.25, 0.3) is 5.65 Å². The molecular formula is C16H16ClN5O. The van der Waals surface area contributed by atoms with Gasteiger partial charge in [-0.15, -0.1) is 0 Å². The van der Waals surface area contributed by atoms with E-state index in [4.69, 9.17) is 16.3 Å². The Hall–Kier alpha value is -2.31. The number of anilines is 3. The molecule has 0 spiro atoms. The minimum atomic E-state index is 0.533. The summed E-state index contributed by atoms with van der Waals surface area (Å²) in [5.74, 6) is 0. The number of nitrogens with zero attached hydrogens (tertiary/aromatic N) is 4. The van der Waals surface area contributed by atoms with E-state index in [2.05, 4.69) is 44.6 Å². The van der Waals surface area contributed by atoms with Crippen molar-refractivity contribution in [3.63, 3.8) is 0 Å². The van der Waals surface area contributed by atoms with Crippen LogP contribution in [-0.2, 0) is 4.74 Å². The van der Waals surface area contributed by atoms with Gasteiger partial charge in [-0.05, 0) is 36.4 Å². The minimum absolute atomic E-state index is 0.533. The van der Waals surface area contributed by atoms with Crippen LogP contribution in [-0.4, -0.2) is 40.9 Å². The molecule has 1 aliphatic rings. The summed E-state index contributed by atoms with van der Waals surface area (Å²) in [6.45, 7) is 3.44. The Morgan fingerprint density at radius 2 is 1.83 bits per heavy atom. The van der Waals surface area contributed by atoms with E-state index in [9.17, 15) is 0 Å². The summed E-state index contributed by atoms with van der Waals surface area (Å²) >= 11 is 6.10. The van der Waals surface area contributed by atoms with Gasteiger partial charge in [0.15, 0.2) is 5.65 Å². The molecule has 0 radical (unpaired) electrons. The summed E-state index contributed by atoms with van der Waals surface area (Å²) in [5, 5.41) is 8.01. The molecule has 4 rings (SSSR count). The molecule has 6 nitrogen and oxygen atoms in total. The molecule has 7 heteroatoms. The first-order valence-electron chi connectivity index (χ1n) is 7.49. The van der Waals surface area contributed by atoms with Gasteiger partial charge in [-0.1, -0.05) is 11.6 Å². The fraction of sp³-hybridized carbons (Fsp3) is 0.250. The molecule has 1 fully saturated rings. The number of nitrogens with one attached hydrogen (secondary N) is 1. The van der Waals surface area contributed by atoms with Crippen LogP contribution in [0, 0.1) is 0 Å². The summed E-state index contributed by atoms with van der Waals surface area (Å²) in [6, 6.07) is 12.1. The lowest BCUT2D eigenvalue weighted by atomic mass is 10.2. The van der Waals surface area contributed by atoms with Crippen molar-refractivity contribution in [3.05, 3.63) is 47.9 Å². The summed E-state index contributed by atoms with van der Waals surface area (Å²) in [7, 11) is 0. The monoisotopic (exact) mass is 329 g/mol. The molecule has 0 atom stereocenters. The Balaban J connectivity index is 1.56. The summed E-state index contributed by atoms with van der Waals surface area (Å²) in [4.78, 5) is 6.58. The largest absolute Gasteiger partial charge is 0.378 e. The predicted octanol–water partition coefficient (Wildman–Crippen LogP) is 2.96. The van der Waals surface area contributed by atoms with Crippen LogP contribution in [0.3, 0.4) is 0 Å². The van der Waals surface area contributed by atoms with E-state index < -0.39 is 0 Å². The van der Waals surface area contributed by atoms with Gasteiger partial charge in [0.2, 0.25) is 0 Å². The third-order valence-corrected chi connectivity index (χ3v) is 4.19. The first kappa shape index (κ1) is 14.3.